The Morgan fingerprint density at radius 3 is 2.60 bits per heavy atom. The van der Waals surface area contributed by atoms with E-state index in [1.807, 2.05) is 0 Å². The Morgan fingerprint density at radius 1 is 1.15 bits per heavy atom. The molecule has 0 spiro atoms. The molecule has 0 saturated carbocycles. The number of nitrogens with zero attached hydrogens (tertiary/aromatic N) is 2. The molecule has 2 aromatic heterocycles. The Hall–Kier alpha value is -2.46. The molecule has 0 aliphatic heterocycles. The minimum absolute atomic E-state index is 0.158. The third-order valence-corrected chi connectivity index (χ3v) is 3.22. The highest BCUT2D eigenvalue weighted by atomic mass is 35.5. The lowest BCUT2D eigenvalue weighted by Crippen LogP contribution is -2.02. The van der Waals surface area contributed by atoms with Gasteiger partial charge in [0.1, 0.15) is 0 Å². The van der Waals surface area contributed by atoms with Crippen LogP contribution in [0.3, 0.4) is 0 Å². The molecule has 4 nitrogen and oxygen atoms in total. The molecule has 0 fully saturated rings. The first-order valence-corrected chi connectivity index (χ1v) is 6.27. The largest absolute Gasteiger partial charge is 0.478 e. The van der Waals surface area contributed by atoms with Crippen molar-refractivity contribution in [2.24, 2.45) is 0 Å². The van der Waals surface area contributed by atoms with E-state index in [2.05, 4.69) is 9.97 Å². The minimum Gasteiger partial charge on any atom is -0.478 e. The van der Waals surface area contributed by atoms with Crippen molar-refractivity contribution < 1.29 is 9.90 Å². The van der Waals surface area contributed by atoms with E-state index in [1.54, 1.807) is 48.8 Å². The molecule has 0 aliphatic carbocycles. The van der Waals surface area contributed by atoms with Crippen LogP contribution in [0.1, 0.15) is 10.4 Å². The molecular weight excluding hydrogens is 276 g/mol. The summed E-state index contributed by atoms with van der Waals surface area (Å²) in [5.74, 6) is -1.01. The fourth-order valence-electron chi connectivity index (χ4n) is 2.01. The fourth-order valence-corrected chi connectivity index (χ4v) is 2.13. The molecule has 0 radical (unpaired) electrons. The Labute approximate surface area is 119 Å². The third kappa shape index (κ3) is 2.21. The van der Waals surface area contributed by atoms with Gasteiger partial charge in [0.25, 0.3) is 0 Å². The summed E-state index contributed by atoms with van der Waals surface area (Å²) < 4.78 is 0. The number of rotatable bonds is 2. The van der Waals surface area contributed by atoms with Crippen molar-refractivity contribution in [2.75, 3.05) is 0 Å². The molecule has 2 heterocycles. The smallest absolute Gasteiger partial charge is 0.337 e. The normalized spacial score (nSPS) is 10.7. The highest BCUT2D eigenvalue weighted by Crippen LogP contribution is 2.26. The summed E-state index contributed by atoms with van der Waals surface area (Å²) in [7, 11) is 0. The van der Waals surface area contributed by atoms with Gasteiger partial charge in [-0.25, -0.2) is 9.78 Å². The zero-order chi connectivity index (χ0) is 14.1. The number of carboxylic acid groups (broad SMARTS) is 1. The molecule has 1 N–H and O–H groups in total. The zero-order valence-corrected chi connectivity index (χ0v) is 11.0. The molecule has 0 aliphatic rings. The van der Waals surface area contributed by atoms with Gasteiger partial charge >= 0.3 is 5.97 Å². The number of aromatic nitrogens is 2. The summed E-state index contributed by atoms with van der Waals surface area (Å²) in [5, 5.41) is 10.7. The maximum atomic E-state index is 11.4. The van der Waals surface area contributed by atoms with Crippen LogP contribution in [0, 0.1) is 0 Å². The summed E-state index contributed by atoms with van der Waals surface area (Å²) >= 11 is 5.85. The number of hydrogen-bond acceptors (Lipinski definition) is 3. The molecule has 0 bridgehead atoms. The van der Waals surface area contributed by atoms with E-state index in [0.29, 0.717) is 21.8 Å². The molecule has 0 unspecified atom stereocenters. The first kappa shape index (κ1) is 12.6. The fraction of sp³-hybridized carbons (Fsp3) is 0. The summed E-state index contributed by atoms with van der Waals surface area (Å²) in [5.41, 5.74) is 1.93. The monoisotopic (exact) mass is 284 g/mol. The number of fused-ring (bicyclic) bond motifs is 1. The van der Waals surface area contributed by atoms with Gasteiger partial charge in [-0.05, 0) is 24.3 Å². The Morgan fingerprint density at radius 2 is 1.90 bits per heavy atom. The highest BCUT2D eigenvalue weighted by molar-refractivity contribution is 6.30. The van der Waals surface area contributed by atoms with Crippen LogP contribution in [0.2, 0.25) is 5.02 Å². The van der Waals surface area contributed by atoms with Crippen LogP contribution in [-0.2, 0) is 0 Å². The van der Waals surface area contributed by atoms with Crippen molar-refractivity contribution in [1.82, 2.24) is 9.97 Å². The minimum atomic E-state index is -1.01. The molecule has 98 valence electrons. The van der Waals surface area contributed by atoms with Crippen LogP contribution >= 0.6 is 11.6 Å². The lowest BCUT2D eigenvalue weighted by atomic mass is 10.0. The molecule has 0 saturated heterocycles. The van der Waals surface area contributed by atoms with Gasteiger partial charge in [-0.2, -0.15) is 0 Å². The molecule has 5 heteroatoms. The van der Waals surface area contributed by atoms with E-state index in [9.17, 15) is 9.90 Å². The van der Waals surface area contributed by atoms with Gasteiger partial charge in [-0.15, -0.1) is 0 Å². The third-order valence-electron chi connectivity index (χ3n) is 2.97. The Balaban J connectivity index is 2.29. The van der Waals surface area contributed by atoms with Gasteiger partial charge in [0, 0.05) is 22.2 Å². The van der Waals surface area contributed by atoms with Gasteiger partial charge in [0.15, 0.2) is 0 Å². The standard InChI is InChI=1S/C15H9ClN2O2/c16-11-3-1-9(2-4-11)14-12(15(19)20)7-10-5-6-17-8-13(10)18-14/h1-8H,(H,19,20). The van der Waals surface area contributed by atoms with Gasteiger partial charge in [0.05, 0.1) is 23.0 Å². The number of pyridine rings is 2. The van der Waals surface area contributed by atoms with Crippen molar-refractivity contribution >= 4 is 28.5 Å². The molecule has 1 aromatic carbocycles. The van der Waals surface area contributed by atoms with Crippen LogP contribution < -0.4 is 0 Å². The van der Waals surface area contributed by atoms with E-state index < -0.39 is 5.97 Å². The van der Waals surface area contributed by atoms with Crippen LogP contribution in [-0.4, -0.2) is 21.0 Å². The lowest BCUT2D eigenvalue weighted by Gasteiger charge is -2.07. The van der Waals surface area contributed by atoms with Crippen molar-refractivity contribution in [2.45, 2.75) is 0 Å². The second kappa shape index (κ2) is 4.90. The van der Waals surface area contributed by atoms with E-state index in [0.717, 1.165) is 5.39 Å². The van der Waals surface area contributed by atoms with Gasteiger partial charge in [0.2, 0.25) is 0 Å². The number of carbonyl (C=O) groups is 1. The predicted molar refractivity (Wildman–Crippen MR) is 76.9 cm³/mol. The first-order valence-electron chi connectivity index (χ1n) is 5.89. The number of benzene rings is 1. The summed E-state index contributed by atoms with van der Waals surface area (Å²) in [6.07, 6.45) is 3.22. The highest BCUT2D eigenvalue weighted by Gasteiger charge is 2.15. The summed E-state index contributed by atoms with van der Waals surface area (Å²) in [6, 6.07) is 10.3. The van der Waals surface area contributed by atoms with Crippen molar-refractivity contribution in [3.63, 3.8) is 0 Å². The quantitative estimate of drug-likeness (QED) is 0.780. The number of carboxylic acids is 1. The molecule has 3 aromatic rings. The maximum Gasteiger partial charge on any atom is 0.337 e. The van der Waals surface area contributed by atoms with Gasteiger partial charge < -0.3 is 5.11 Å². The van der Waals surface area contributed by atoms with Crippen LogP contribution in [0.4, 0.5) is 0 Å². The average molecular weight is 285 g/mol. The molecule has 20 heavy (non-hydrogen) atoms. The molecule has 3 rings (SSSR count). The Bertz CT molecular complexity index is 801. The molecule has 0 amide bonds. The second-order valence-corrected chi connectivity index (χ2v) is 4.70. The zero-order valence-electron chi connectivity index (χ0n) is 10.2. The van der Waals surface area contributed by atoms with E-state index >= 15 is 0 Å². The van der Waals surface area contributed by atoms with Crippen LogP contribution in [0.15, 0.2) is 48.8 Å². The van der Waals surface area contributed by atoms with Gasteiger partial charge in [-0.1, -0.05) is 23.7 Å². The van der Waals surface area contributed by atoms with E-state index in [-0.39, 0.29) is 5.56 Å². The molecule has 0 atom stereocenters. The number of hydrogen-bond donors (Lipinski definition) is 1. The van der Waals surface area contributed by atoms with Crippen molar-refractivity contribution in [1.29, 1.82) is 0 Å². The Kier molecular flexibility index (Phi) is 3.08. The summed E-state index contributed by atoms with van der Waals surface area (Å²) in [4.78, 5) is 19.8. The van der Waals surface area contributed by atoms with E-state index in [4.69, 9.17) is 11.6 Å². The summed E-state index contributed by atoms with van der Waals surface area (Å²) in [6.45, 7) is 0. The van der Waals surface area contributed by atoms with Crippen molar-refractivity contribution in [3.8, 4) is 11.3 Å². The maximum absolute atomic E-state index is 11.4. The van der Waals surface area contributed by atoms with Crippen molar-refractivity contribution in [3.05, 3.63) is 59.4 Å². The van der Waals surface area contributed by atoms with Crippen LogP contribution in [0.25, 0.3) is 22.2 Å². The average Bonchev–Trinajstić information content (AvgIpc) is 2.46. The first-order chi connectivity index (χ1) is 9.65. The topological polar surface area (TPSA) is 63.1 Å². The second-order valence-electron chi connectivity index (χ2n) is 4.26. The van der Waals surface area contributed by atoms with Crippen LogP contribution in [0.5, 0.6) is 0 Å². The van der Waals surface area contributed by atoms with E-state index in [1.165, 1.54) is 0 Å². The SMILES string of the molecule is O=C(O)c1cc2ccncc2nc1-c1ccc(Cl)cc1. The van der Waals surface area contributed by atoms with Gasteiger partial charge in [-0.3, -0.25) is 4.98 Å². The number of halogens is 1. The lowest BCUT2D eigenvalue weighted by molar-refractivity contribution is 0.0697. The molecular formula is C15H9ClN2O2. The number of aromatic carboxylic acids is 1. The predicted octanol–water partition coefficient (Wildman–Crippen LogP) is 3.65.